The van der Waals surface area contributed by atoms with Crippen LogP contribution < -0.4 is 5.73 Å². The van der Waals surface area contributed by atoms with E-state index >= 15 is 0 Å². The fraction of sp³-hybridized carbons (Fsp3) is 0.812. The van der Waals surface area contributed by atoms with E-state index in [4.69, 9.17) is 10.8 Å². The van der Waals surface area contributed by atoms with Gasteiger partial charge in [-0.05, 0) is 62.7 Å². The normalized spacial score (nSPS) is 41.7. The van der Waals surface area contributed by atoms with Gasteiger partial charge < -0.3 is 5.73 Å². The molecule has 0 amide bonds. The van der Waals surface area contributed by atoms with E-state index < -0.39 is 0 Å². The summed E-state index contributed by atoms with van der Waals surface area (Å²) in [5.74, 6) is 2.91. The molecule has 1 aromatic rings. The first kappa shape index (κ1) is 12.0. The highest BCUT2D eigenvalue weighted by molar-refractivity contribution is 5.13. The van der Waals surface area contributed by atoms with Gasteiger partial charge in [-0.3, -0.25) is 4.68 Å². The fourth-order valence-electron chi connectivity index (χ4n) is 5.37. The quantitative estimate of drug-likeness (QED) is 0.905. The molecular formula is C16H25N3. The molecule has 104 valence electrons. The highest BCUT2D eigenvalue weighted by Gasteiger charge is 2.52. The van der Waals surface area contributed by atoms with Gasteiger partial charge in [0.05, 0.1) is 11.7 Å². The predicted octanol–water partition coefficient (Wildman–Crippen LogP) is 3.22. The van der Waals surface area contributed by atoms with Crippen molar-refractivity contribution in [2.45, 2.75) is 63.5 Å². The summed E-state index contributed by atoms with van der Waals surface area (Å²) in [4.78, 5) is 0. The summed E-state index contributed by atoms with van der Waals surface area (Å²) in [6.07, 6.45) is 13.8. The van der Waals surface area contributed by atoms with E-state index in [1.807, 2.05) is 6.20 Å². The van der Waals surface area contributed by atoms with Gasteiger partial charge in [0.1, 0.15) is 0 Å². The Hall–Kier alpha value is -0.830. The molecule has 3 heteroatoms. The molecule has 1 unspecified atom stereocenters. The highest BCUT2D eigenvalue weighted by atomic mass is 15.3. The summed E-state index contributed by atoms with van der Waals surface area (Å²) >= 11 is 0. The SMILES string of the molecule is CCC(N)c1cnn(C23CC4CC(CC(C4)C2)C3)c1. The van der Waals surface area contributed by atoms with Crippen LogP contribution in [-0.4, -0.2) is 9.78 Å². The molecule has 0 aromatic carbocycles. The second-order valence-corrected chi connectivity index (χ2v) is 7.37. The van der Waals surface area contributed by atoms with Gasteiger partial charge in [-0.25, -0.2) is 0 Å². The molecule has 0 radical (unpaired) electrons. The van der Waals surface area contributed by atoms with Crippen molar-refractivity contribution < 1.29 is 0 Å². The minimum atomic E-state index is 0.155. The van der Waals surface area contributed by atoms with Crippen LogP contribution in [0, 0.1) is 17.8 Å². The number of hydrogen-bond donors (Lipinski definition) is 1. The summed E-state index contributed by atoms with van der Waals surface area (Å²) in [7, 11) is 0. The molecule has 3 nitrogen and oxygen atoms in total. The maximum Gasteiger partial charge on any atom is 0.0635 e. The first-order valence-corrected chi connectivity index (χ1v) is 7.99. The van der Waals surface area contributed by atoms with Gasteiger partial charge in [0, 0.05) is 17.8 Å². The number of hydrogen-bond acceptors (Lipinski definition) is 2. The second kappa shape index (κ2) is 4.08. The van der Waals surface area contributed by atoms with E-state index in [0.29, 0.717) is 5.54 Å². The maximum atomic E-state index is 6.15. The molecule has 1 atom stereocenters. The largest absolute Gasteiger partial charge is 0.324 e. The summed E-state index contributed by atoms with van der Waals surface area (Å²) < 4.78 is 2.31. The highest BCUT2D eigenvalue weighted by Crippen LogP contribution is 2.58. The lowest BCUT2D eigenvalue weighted by atomic mass is 9.53. The van der Waals surface area contributed by atoms with Crippen molar-refractivity contribution >= 4 is 0 Å². The van der Waals surface area contributed by atoms with Gasteiger partial charge in [-0.15, -0.1) is 0 Å². The molecule has 1 aromatic heterocycles. The molecule has 2 N–H and O–H groups in total. The summed E-state index contributed by atoms with van der Waals surface area (Å²) in [6.45, 7) is 2.15. The van der Waals surface area contributed by atoms with Gasteiger partial charge in [-0.1, -0.05) is 6.92 Å². The molecule has 0 spiro atoms. The van der Waals surface area contributed by atoms with E-state index in [9.17, 15) is 0 Å². The number of aromatic nitrogens is 2. The Bertz CT molecular complexity index is 441. The minimum absolute atomic E-state index is 0.155. The molecule has 5 rings (SSSR count). The van der Waals surface area contributed by atoms with E-state index in [-0.39, 0.29) is 6.04 Å². The third kappa shape index (κ3) is 1.78. The average Bonchev–Trinajstić information content (AvgIpc) is 2.86. The summed E-state index contributed by atoms with van der Waals surface area (Å²) in [5.41, 5.74) is 7.71. The van der Waals surface area contributed by atoms with Crippen LogP contribution >= 0.6 is 0 Å². The lowest BCUT2D eigenvalue weighted by molar-refractivity contribution is -0.0494. The minimum Gasteiger partial charge on any atom is -0.324 e. The topological polar surface area (TPSA) is 43.8 Å². The predicted molar refractivity (Wildman–Crippen MR) is 75.6 cm³/mol. The Morgan fingerprint density at radius 3 is 2.37 bits per heavy atom. The Morgan fingerprint density at radius 1 is 1.26 bits per heavy atom. The van der Waals surface area contributed by atoms with Crippen molar-refractivity contribution in [2.75, 3.05) is 0 Å². The van der Waals surface area contributed by atoms with Crippen LogP contribution in [0.4, 0.5) is 0 Å². The van der Waals surface area contributed by atoms with Crippen molar-refractivity contribution in [2.24, 2.45) is 23.5 Å². The third-order valence-corrected chi connectivity index (χ3v) is 5.96. The van der Waals surface area contributed by atoms with Crippen LogP contribution in [0.5, 0.6) is 0 Å². The summed E-state index contributed by atoms with van der Waals surface area (Å²) in [6, 6.07) is 0.155. The van der Waals surface area contributed by atoms with Crippen LogP contribution in [0.15, 0.2) is 12.4 Å². The van der Waals surface area contributed by atoms with Gasteiger partial charge in [0.25, 0.3) is 0 Å². The molecule has 4 fully saturated rings. The lowest BCUT2D eigenvalue weighted by Gasteiger charge is -2.56. The van der Waals surface area contributed by atoms with Gasteiger partial charge in [0.15, 0.2) is 0 Å². The van der Waals surface area contributed by atoms with Crippen LogP contribution in [0.2, 0.25) is 0 Å². The smallest absolute Gasteiger partial charge is 0.0635 e. The average molecular weight is 259 g/mol. The lowest BCUT2D eigenvalue weighted by Crippen LogP contribution is -2.52. The third-order valence-electron chi connectivity index (χ3n) is 5.96. The molecular weight excluding hydrogens is 234 g/mol. The molecule has 19 heavy (non-hydrogen) atoms. The molecule has 4 aliphatic rings. The number of rotatable bonds is 3. The first-order chi connectivity index (χ1) is 9.18. The van der Waals surface area contributed by atoms with Crippen molar-refractivity contribution in [1.29, 1.82) is 0 Å². The van der Waals surface area contributed by atoms with Crippen molar-refractivity contribution in [1.82, 2.24) is 9.78 Å². The molecule has 0 saturated heterocycles. The maximum absolute atomic E-state index is 6.15. The van der Waals surface area contributed by atoms with Crippen LogP contribution in [0.25, 0.3) is 0 Å². The van der Waals surface area contributed by atoms with Crippen LogP contribution in [0.1, 0.15) is 63.5 Å². The van der Waals surface area contributed by atoms with Crippen LogP contribution in [-0.2, 0) is 5.54 Å². The van der Waals surface area contributed by atoms with Gasteiger partial charge in [-0.2, -0.15) is 5.10 Å². The molecule has 4 bridgehead atoms. The van der Waals surface area contributed by atoms with Crippen LogP contribution in [0.3, 0.4) is 0 Å². The van der Waals surface area contributed by atoms with Crippen molar-refractivity contribution in [3.63, 3.8) is 0 Å². The Labute approximate surface area is 115 Å². The fourth-order valence-corrected chi connectivity index (χ4v) is 5.37. The van der Waals surface area contributed by atoms with E-state index in [1.165, 1.54) is 44.1 Å². The molecule has 0 aliphatic heterocycles. The van der Waals surface area contributed by atoms with Crippen molar-refractivity contribution in [3.05, 3.63) is 18.0 Å². The second-order valence-electron chi connectivity index (χ2n) is 7.37. The van der Waals surface area contributed by atoms with Gasteiger partial charge >= 0.3 is 0 Å². The zero-order valence-corrected chi connectivity index (χ0v) is 11.9. The number of nitrogens with zero attached hydrogens (tertiary/aromatic N) is 2. The zero-order valence-electron chi connectivity index (χ0n) is 11.9. The Kier molecular flexibility index (Phi) is 2.57. The molecule has 1 heterocycles. The van der Waals surface area contributed by atoms with E-state index in [2.05, 4.69) is 17.8 Å². The zero-order chi connectivity index (χ0) is 13.0. The first-order valence-electron chi connectivity index (χ1n) is 7.99. The summed E-state index contributed by atoms with van der Waals surface area (Å²) in [5, 5.41) is 4.71. The van der Waals surface area contributed by atoms with E-state index in [0.717, 1.165) is 24.2 Å². The Morgan fingerprint density at radius 2 is 1.84 bits per heavy atom. The monoisotopic (exact) mass is 259 g/mol. The standard InChI is InChI=1S/C16H25N3/c1-2-15(17)14-9-18-19(10-14)16-6-11-3-12(7-16)5-13(4-11)8-16/h9-13,15H,2-8,17H2,1H3. The Balaban J connectivity index is 1.66. The molecule has 4 aliphatic carbocycles. The van der Waals surface area contributed by atoms with Crippen molar-refractivity contribution in [3.8, 4) is 0 Å². The van der Waals surface area contributed by atoms with E-state index in [1.54, 1.807) is 0 Å². The number of nitrogens with two attached hydrogens (primary N) is 1. The van der Waals surface area contributed by atoms with Gasteiger partial charge in [0.2, 0.25) is 0 Å². The molecule has 4 saturated carbocycles.